The number of carbonyl (C=O) groups excluding carboxylic acids is 1. The third-order valence-corrected chi connectivity index (χ3v) is 6.65. The van der Waals surface area contributed by atoms with Gasteiger partial charge >= 0.3 is 0 Å². The highest BCUT2D eigenvalue weighted by molar-refractivity contribution is 6.30. The van der Waals surface area contributed by atoms with Crippen LogP contribution in [0.5, 0.6) is 0 Å². The van der Waals surface area contributed by atoms with Gasteiger partial charge in [-0.1, -0.05) is 30.7 Å². The van der Waals surface area contributed by atoms with E-state index in [4.69, 9.17) is 11.6 Å². The topological polar surface area (TPSA) is 80.3 Å². The lowest BCUT2D eigenvalue weighted by Crippen LogP contribution is -2.54. The van der Waals surface area contributed by atoms with Crippen molar-refractivity contribution in [2.24, 2.45) is 5.92 Å². The quantitative estimate of drug-likeness (QED) is 0.423. The van der Waals surface area contributed by atoms with Crippen LogP contribution in [-0.2, 0) is 4.79 Å². The minimum atomic E-state index is -0.0740. The normalized spacial score (nSPS) is 15.0. The van der Waals surface area contributed by atoms with Crippen LogP contribution in [0.3, 0.4) is 0 Å². The molecule has 1 aliphatic rings. The number of amides is 1. The first kappa shape index (κ1) is 22.4. The summed E-state index contributed by atoms with van der Waals surface area (Å²) in [7, 11) is 0. The van der Waals surface area contributed by atoms with Crippen molar-refractivity contribution in [3.63, 3.8) is 0 Å². The van der Waals surface area contributed by atoms with E-state index >= 15 is 0 Å². The molecule has 34 heavy (non-hydrogen) atoms. The molecule has 4 heterocycles. The van der Waals surface area contributed by atoms with Crippen LogP contribution in [-0.4, -0.2) is 43.4 Å². The van der Waals surface area contributed by atoms with Crippen molar-refractivity contribution in [3.8, 4) is 11.1 Å². The molecule has 9 heteroatoms. The zero-order chi connectivity index (χ0) is 23.8. The Morgan fingerprint density at radius 1 is 1.15 bits per heavy atom. The van der Waals surface area contributed by atoms with E-state index in [1.807, 2.05) is 52.1 Å². The van der Waals surface area contributed by atoms with Crippen LogP contribution >= 0.6 is 11.6 Å². The third kappa shape index (κ3) is 4.25. The van der Waals surface area contributed by atoms with Crippen LogP contribution in [0.15, 0.2) is 55.2 Å². The molecule has 1 amide bonds. The van der Waals surface area contributed by atoms with Gasteiger partial charge in [-0.05, 0) is 44.0 Å². The SMILES string of the molecule is CC[C@H](NC(=O)C1CN(c2ncnn3cc(-c4cnn(C(C)C)c4)cc23)C1)c1ccc(Cl)cc1. The van der Waals surface area contributed by atoms with Gasteiger partial charge in [0.25, 0.3) is 0 Å². The number of anilines is 1. The van der Waals surface area contributed by atoms with Crippen molar-refractivity contribution < 1.29 is 4.79 Å². The molecule has 1 aliphatic heterocycles. The van der Waals surface area contributed by atoms with Crippen LogP contribution in [0, 0.1) is 5.92 Å². The van der Waals surface area contributed by atoms with E-state index in [1.54, 1.807) is 6.33 Å². The van der Waals surface area contributed by atoms with Gasteiger partial charge in [0.1, 0.15) is 11.8 Å². The number of aromatic nitrogens is 5. The van der Waals surface area contributed by atoms with Crippen LogP contribution in [0.1, 0.15) is 44.8 Å². The number of hydrogen-bond donors (Lipinski definition) is 1. The Morgan fingerprint density at radius 3 is 2.59 bits per heavy atom. The summed E-state index contributed by atoms with van der Waals surface area (Å²) in [6.07, 6.45) is 8.28. The second kappa shape index (κ2) is 9.10. The Kier molecular flexibility index (Phi) is 6.00. The minimum Gasteiger partial charge on any atom is -0.353 e. The highest BCUT2D eigenvalue weighted by Crippen LogP contribution is 2.31. The van der Waals surface area contributed by atoms with Gasteiger partial charge in [0, 0.05) is 47.7 Å². The molecular weight excluding hydrogens is 450 g/mol. The molecule has 1 fully saturated rings. The molecule has 176 valence electrons. The molecule has 4 aromatic rings. The van der Waals surface area contributed by atoms with Crippen LogP contribution < -0.4 is 10.2 Å². The number of rotatable bonds is 7. The number of hydrogen-bond acceptors (Lipinski definition) is 5. The molecule has 1 aromatic carbocycles. The van der Waals surface area contributed by atoms with E-state index < -0.39 is 0 Å². The Balaban J connectivity index is 1.28. The highest BCUT2D eigenvalue weighted by Gasteiger charge is 2.35. The molecule has 1 saturated heterocycles. The molecule has 8 nitrogen and oxygen atoms in total. The van der Waals surface area contributed by atoms with E-state index in [9.17, 15) is 4.79 Å². The molecular formula is C25H28ClN7O. The second-order valence-corrected chi connectivity index (χ2v) is 9.50. The minimum absolute atomic E-state index is 0.0236. The summed E-state index contributed by atoms with van der Waals surface area (Å²) in [4.78, 5) is 19.6. The van der Waals surface area contributed by atoms with Gasteiger partial charge in [-0.2, -0.15) is 10.2 Å². The molecule has 1 atom stereocenters. The maximum Gasteiger partial charge on any atom is 0.227 e. The van der Waals surface area contributed by atoms with Gasteiger partial charge in [-0.25, -0.2) is 9.50 Å². The summed E-state index contributed by atoms with van der Waals surface area (Å²) >= 11 is 6.00. The monoisotopic (exact) mass is 477 g/mol. The Hall–Kier alpha value is -3.39. The van der Waals surface area contributed by atoms with Crippen molar-refractivity contribution in [3.05, 3.63) is 65.8 Å². The summed E-state index contributed by atoms with van der Waals surface area (Å²) < 4.78 is 3.78. The molecule has 0 radical (unpaired) electrons. The standard InChI is InChI=1S/C25H28ClN7O/c1-4-22(17-5-7-21(26)8-6-17)30-25(34)20-11-31(12-20)24-23-9-18(13-33(23)29-15-27-24)19-10-28-32(14-19)16(2)3/h5-10,13-16,20,22H,4,11-12H2,1-3H3,(H,30,34)/t22-/m0/s1. The van der Waals surface area contributed by atoms with Gasteiger partial charge in [0.2, 0.25) is 5.91 Å². The van der Waals surface area contributed by atoms with E-state index in [0.717, 1.165) is 34.4 Å². The molecule has 3 aromatic heterocycles. The van der Waals surface area contributed by atoms with Crippen molar-refractivity contribution in [2.75, 3.05) is 18.0 Å². The largest absolute Gasteiger partial charge is 0.353 e. The smallest absolute Gasteiger partial charge is 0.227 e. The lowest BCUT2D eigenvalue weighted by Gasteiger charge is -2.39. The zero-order valence-corrected chi connectivity index (χ0v) is 20.3. The second-order valence-electron chi connectivity index (χ2n) is 9.07. The average molecular weight is 478 g/mol. The summed E-state index contributed by atoms with van der Waals surface area (Å²) in [5, 5.41) is 12.7. The highest BCUT2D eigenvalue weighted by atomic mass is 35.5. The fourth-order valence-corrected chi connectivity index (χ4v) is 4.44. The van der Waals surface area contributed by atoms with E-state index in [0.29, 0.717) is 24.2 Å². The number of halogens is 1. The summed E-state index contributed by atoms with van der Waals surface area (Å²) in [6, 6.07) is 10.0. The van der Waals surface area contributed by atoms with Crippen molar-refractivity contribution in [1.29, 1.82) is 0 Å². The van der Waals surface area contributed by atoms with Gasteiger partial charge in [0.15, 0.2) is 5.82 Å². The van der Waals surface area contributed by atoms with Crippen molar-refractivity contribution in [2.45, 2.75) is 39.3 Å². The molecule has 0 aliphatic carbocycles. The Labute approximate surface area is 203 Å². The average Bonchev–Trinajstić information content (AvgIpc) is 3.45. The first-order valence-electron chi connectivity index (χ1n) is 11.6. The maximum absolute atomic E-state index is 12.9. The Bertz CT molecular complexity index is 1300. The maximum atomic E-state index is 12.9. The summed E-state index contributed by atoms with van der Waals surface area (Å²) in [5.41, 5.74) is 4.06. The predicted molar refractivity (Wildman–Crippen MR) is 133 cm³/mol. The first-order chi connectivity index (χ1) is 16.4. The van der Waals surface area contributed by atoms with Gasteiger partial charge in [0.05, 0.1) is 18.2 Å². The van der Waals surface area contributed by atoms with Crippen LogP contribution in [0.4, 0.5) is 5.82 Å². The third-order valence-electron chi connectivity index (χ3n) is 6.40. The lowest BCUT2D eigenvalue weighted by molar-refractivity contribution is -0.126. The van der Waals surface area contributed by atoms with Gasteiger partial charge in [-0.3, -0.25) is 9.48 Å². The fraction of sp³-hybridized carbons (Fsp3) is 0.360. The van der Waals surface area contributed by atoms with Crippen molar-refractivity contribution in [1.82, 2.24) is 29.7 Å². The summed E-state index contributed by atoms with van der Waals surface area (Å²) in [5.74, 6) is 0.835. The molecule has 0 bridgehead atoms. The fourth-order valence-electron chi connectivity index (χ4n) is 4.31. The molecule has 0 unspecified atom stereocenters. The number of carbonyl (C=O) groups is 1. The molecule has 1 N–H and O–H groups in total. The number of fused-ring (bicyclic) bond motifs is 1. The lowest BCUT2D eigenvalue weighted by atomic mass is 9.97. The van der Waals surface area contributed by atoms with E-state index in [2.05, 4.69) is 52.2 Å². The van der Waals surface area contributed by atoms with Gasteiger partial charge in [-0.15, -0.1) is 0 Å². The van der Waals surface area contributed by atoms with Crippen LogP contribution in [0.2, 0.25) is 5.02 Å². The van der Waals surface area contributed by atoms with Crippen LogP contribution in [0.25, 0.3) is 16.6 Å². The predicted octanol–water partition coefficient (Wildman–Crippen LogP) is 4.53. The number of nitrogens with zero attached hydrogens (tertiary/aromatic N) is 6. The van der Waals surface area contributed by atoms with E-state index in [-0.39, 0.29) is 17.9 Å². The van der Waals surface area contributed by atoms with E-state index in [1.165, 1.54) is 0 Å². The first-order valence-corrected chi connectivity index (χ1v) is 12.0. The van der Waals surface area contributed by atoms with Gasteiger partial charge < -0.3 is 10.2 Å². The zero-order valence-electron chi connectivity index (χ0n) is 19.5. The Morgan fingerprint density at radius 2 is 1.91 bits per heavy atom. The summed E-state index contributed by atoms with van der Waals surface area (Å²) in [6.45, 7) is 7.53. The molecule has 5 rings (SSSR count). The molecule has 0 saturated carbocycles. The van der Waals surface area contributed by atoms with Crippen molar-refractivity contribution >= 4 is 28.8 Å². The number of benzene rings is 1. The molecule has 0 spiro atoms. The number of nitrogens with one attached hydrogen (secondary N) is 1.